The molecule has 124 valence electrons. The summed E-state index contributed by atoms with van der Waals surface area (Å²) in [6, 6.07) is 8.21. The first-order valence-electron chi connectivity index (χ1n) is 8.30. The van der Waals surface area contributed by atoms with E-state index in [4.69, 9.17) is 0 Å². The SMILES string of the molecule is Cc1cc(=O)c(C(=O)NC2(c3cccc(F)c3)CC2)cn1C1CC1. The van der Waals surface area contributed by atoms with Crippen molar-refractivity contribution < 1.29 is 9.18 Å². The minimum Gasteiger partial charge on any atom is -0.348 e. The Hall–Kier alpha value is -2.43. The molecule has 1 aromatic heterocycles. The minimum absolute atomic E-state index is 0.162. The summed E-state index contributed by atoms with van der Waals surface area (Å²) in [4.78, 5) is 24.9. The third-order valence-electron chi connectivity index (χ3n) is 4.95. The average molecular weight is 326 g/mol. The molecule has 0 radical (unpaired) electrons. The fourth-order valence-corrected chi connectivity index (χ4v) is 3.24. The molecule has 1 aromatic carbocycles. The summed E-state index contributed by atoms with van der Waals surface area (Å²) in [5.74, 6) is -0.699. The molecule has 4 nitrogen and oxygen atoms in total. The zero-order chi connectivity index (χ0) is 16.9. The van der Waals surface area contributed by atoms with Crippen molar-refractivity contribution in [2.45, 2.75) is 44.2 Å². The zero-order valence-electron chi connectivity index (χ0n) is 13.5. The van der Waals surface area contributed by atoms with Gasteiger partial charge >= 0.3 is 0 Å². The van der Waals surface area contributed by atoms with Crippen LogP contribution in [0.2, 0.25) is 0 Å². The number of amides is 1. The molecule has 24 heavy (non-hydrogen) atoms. The van der Waals surface area contributed by atoms with Gasteiger partial charge in [0.05, 0.1) is 5.54 Å². The van der Waals surface area contributed by atoms with Crippen LogP contribution < -0.4 is 10.7 Å². The monoisotopic (exact) mass is 326 g/mol. The topological polar surface area (TPSA) is 51.1 Å². The van der Waals surface area contributed by atoms with E-state index in [1.807, 2.05) is 17.6 Å². The van der Waals surface area contributed by atoms with Crippen molar-refractivity contribution in [3.05, 3.63) is 69.4 Å². The number of hydrogen-bond acceptors (Lipinski definition) is 2. The highest BCUT2D eigenvalue weighted by molar-refractivity contribution is 5.94. The summed E-state index contributed by atoms with van der Waals surface area (Å²) in [6.45, 7) is 1.89. The number of carbonyl (C=O) groups is 1. The Kier molecular flexibility index (Phi) is 3.34. The average Bonchev–Trinajstić information content (AvgIpc) is 3.42. The first kappa shape index (κ1) is 15.1. The number of aryl methyl sites for hydroxylation is 1. The predicted octanol–water partition coefficient (Wildman–Crippen LogP) is 3.05. The van der Waals surface area contributed by atoms with Crippen LogP contribution in [0.25, 0.3) is 0 Å². The highest BCUT2D eigenvalue weighted by atomic mass is 19.1. The lowest BCUT2D eigenvalue weighted by molar-refractivity contribution is 0.0928. The van der Waals surface area contributed by atoms with Gasteiger partial charge in [0.1, 0.15) is 11.4 Å². The summed E-state index contributed by atoms with van der Waals surface area (Å²) in [7, 11) is 0. The Morgan fingerprint density at radius 3 is 2.67 bits per heavy atom. The van der Waals surface area contributed by atoms with Gasteiger partial charge in [-0.1, -0.05) is 12.1 Å². The number of hydrogen-bond donors (Lipinski definition) is 1. The normalized spacial score (nSPS) is 18.2. The molecule has 5 heteroatoms. The van der Waals surface area contributed by atoms with Crippen LogP contribution in [-0.4, -0.2) is 10.5 Å². The highest BCUT2D eigenvalue weighted by Gasteiger charge is 2.46. The van der Waals surface area contributed by atoms with E-state index in [0.717, 1.165) is 36.9 Å². The third kappa shape index (κ3) is 2.64. The van der Waals surface area contributed by atoms with E-state index in [-0.39, 0.29) is 22.7 Å². The standard InChI is InChI=1S/C19H19FN2O2/c1-12-9-17(23)16(11-22(12)15-5-6-15)18(24)21-19(7-8-19)13-3-2-4-14(20)10-13/h2-4,9-11,15H,5-8H2,1H3,(H,21,24). The molecule has 0 spiro atoms. The quantitative estimate of drug-likeness (QED) is 0.939. The van der Waals surface area contributed by atoms with Crippen molar-refractivity contribution in [1.29, 1.82) is 0 Å². The Labute approximate surface area is 139 Å². The number of halogens is 1. The van der Waals surface area contributed by atoms with Gasteiger partial charge in [0, 0.05) is 24.0 Å². The predicted molar refractivity (Wildman–Crippen MR) is 88.5 cm³/mol. The Morgan fingerprint density at radius 1 is 1.29 bits per heavy atom. The van der Waals surface area contributed by atoms with Gasteiger partial charge in [-0.2, -0.15) is 0 Å². The van der Waals surface area contributed by atoms with Crippen molar-refractivity contribution in [3.63, 3.8) is 0 Å². The smallest absolute Gasteiger partial charge is 0.257 e. The molecule has 2 saturated carbocycles. The van der Waals surface area contributed by atoms with Gasteiger partial charge in [0.25, 0.3) is 5.91 Å². The van der Waals surface area contributed by atoms with Crippen molar-refractivity contribution in [2.75, 3.05) is 0 Å². The second kappa shape index (κ2) is 5.30. The molecule has 2 aromatic rings. The van der Waals surface area contributed by atoms with E-state index < -0.39 is 5.54 Å². The first-order valence-corrected chi connectivity index (χ1v) is 8.30. The number of nitrogens with zero attached hydrogens (tertiary/aromatic N) is 1. The molecular weight excluding hydrogens is 307 g/mol. The molecule has 1 amide bonds. The van der Waals surface area contributed by atoms with Gasteiger partial charge in [0.2, 0.25) is 0 Å². The molecule has 0 unspecified atom stereocenters. The van der Waals surface area contributed by atoms with Crippen LogP contribution in [0.4, 0.5) is 4.39 Å². The van der Waals surface area contributed by atoms with Crippen molar-refractivity contribution in [3.8, 4) is 0 Å². The third-order valence-corrected chi connectivity index (χ3v) is 4.95. The first-order chi connectivity index (χ1) is 11.5. The number of carbonyl (C=O) groups excluding carboxylic acids is 1. The number of nitrogens with one attached hydrogen (secondary N) is 1. The molecule has 2 aliphatic carbocycles. The Balaban J connectivity index is 1.63. The second-order valence-corrected chi connectivity index (χ2v) is 6.88. The maximum absolute atomic E-state index is 13.5. The second-order valence-electron chi connectivity index (χ2n) is 6.88. The maximum Gasteiger partial charge on any atom is 0.257 e. The van der Waals surface area contributed by atoms with Gasteiger partial charge in [-0.25, -0.2) is 4.39 Å². The van der Waals surface area contributed by atoms with E-state index in [1.165, 1.54) is 18.2 Å². The van der Waals surface area contributed by atoms with E-state index in [9.17, 15) is 14.0 Å². The van der Waals surface area contributed by atoms with Crippen LogP contribution >= 0.6 is 0 Å². The molecule has 0 atom stereocenters. The fourth-order valence-electron chi connectivity index (χ4n) is 3.24. The molecule has 4 rings (SSSR count). The lowest BCUT2D eigenvalue weighted by Crippen LogP contribution is -2.37. The van der Waals surface area contributed by atoms with Crippen molar-refractivity contribution in [1.82, 2.24) is 9.88 Å². The number of pyridine rings is 1. The summed E-state index contributed by atoms with van der Waals surface area (Å²) in [6.07, 6.45) is 5.35. The largest absolute Gasteiger partial charge is 0.348 e. The van der Waals surface area contributed by atoms with Crippen LogP contribution in [0.1, 0.15) is 53.3 Å². The Morgan fingerprint density at radius 2 is 2.04 bits per heavy atom. The van der Waals surface area contributed by atoms with Gasteiger partial charge < -0.3 is 9.88 Å². The summed E-state index contributed by atoms with van der Waals surface area (Å²) in [5.41, 5.74) is 0.990. The summed E-state index contributed by atoms with van der Waals surface area (Å²) >= 11 is 0. The van der Waals surface area contributed by atoms with Crippen molar-refractivity contribution in [2.24, 2.45) is 0 Å². The lowest BCUT2D eigenvalue weighted by Gasteiger charge is -2.19. The highest BCUT2D eigenvalue weighted by Crippen LogP contribution is 2.45. The lowest BCUT2D eigenvalue weighted by atomic mass is 10.0. The molecule has 1 heterocycles. The van der Waals surface area contributed by atoms with Crippen molar-refractivity contribution >= 4 is 5.91 Å². The molecule has 0 aliphatic heterocycles. The minimum atomic E-state index is -0.541. The summed E-state index contributed by atoms with van der Waals surface area (Å²) in [5, 5.41) is 2.96. The zero-order valence-corrected chi connectivity index (χ0v) is 13.5. The van der Waals surface area contributed by atoms with E-state index >= 15 is 0 Å². The number of rotatable bonds is 4. The molecule has 1 N–H and O–H groups in total. The van der Waals surface area contributed by atoms with Crippen LogP contribution in [-0.2, 0) is 5.54 Å². The number of aromatic nitrogens is 1. The molecule has 0 bridgehead atoms. The number of benzene rings is 1. The van der Waals surface area contributed by atoms with E-state index in [2.05, 4.69) is 5.32 Å². The molecule has 0 saturated heterocycles. The van der Waals surface area contributed by atoms with E-state index in [0.29, 0.717) is 6.04 Å². The van der Waals surface area contributed by atoms with Crippen LogP contribution in [0.5, 0.6) is 0 Å². The maximum atomic E-state index is 13.5. The van der Waals surface area contributed by atoms with Gasteiger partial charge in [-0.05, 0) is 50.3 Å². The van der Waals surface area contributed by atoms with Crippen LogP contribution in [0.3, 0.4) is 0 Å². The Bertz CT molecular complexity index is 879. The molecule has 2 aliphatic rings. The molecular formula is C19H19FN2O2. The van der Waals surface area contributed by atoms with Gasteiger partial charge in [0.15, 0.2) is 5.43 Å². The van der Waals surface area contributed by atoms with Crippen LogP contribution in [0, 0.1) is 12.7 Å². The van der Waals surface area contributed by atoms with Gasteiger partial charge in [-0.3, -0.25) is 9.59 Å². The van der Waals surface area contributed by atoms with Crippen LogP contribution in [0.15, 0.2) is 41.3 Å². The molecule has 2 fully saturated rings. The summed E-state index contributed by atoms with van der Waals surface area (Å²) < 4.78 is 15.5. The fraction of sp³-hybridized carbons (Fsp3) is 0.368. The van der Waals surface area contributed by atoms with Gasteiger partial charge in [-0.15, -0.1) is 0 Å². The van der Waals surface area contributed by atoms with E-state index in [1.54, 1.807) is 12.3 Å².